The van der Waals surface area contributed by atoms with E-state index >= 15 is 0 Å². The van der Waals surface area contributed by atoms with Crippen LogP contribution in [-0.2, 0) is 6.54 Å². The second-order valence-corrected chi connectivity index (χ2v) is 5.21. The molecule has 0 saturated heterocycles. The summed E-state index contributed by atoms with van der Waals surface area (Å²) in [5, 5.41) is 13.2. The van der Waals surface area contributed by atoms with E-state index in [9.17, 15) is 4.79 Å². The molecule has 2 heterocycles. The lowest BCUT2D eigenvalue weighted by molar-refractivity contribution is 0.102. The SMILES string of the molecule is Cc1cccc(Cn2cnc(NC(=O)c3[nH]ncc3Cl)n2)c1. The Morgan fingerprint density at radius 3 is 3.05 bits per heavy atom. The molecule has 112 valence electrons. The Labute approximate surface area is 131 Å². The molecule has 0 bridgehead atoms. The Morgan fingerprint density at radius 1 is 1.45 bits per heavy atom. The van der Waals surface area contributed by atoms with Crippen LogP contribution in [0.1, 0.15) is 21.6 Å². The first kappa shape index (κ1) is 14.3. The zero-order valence-electron chi connectivity index (χ0n) is 11.7. The van der Waals surface area contributed by atoms with Gasteiger partial charge in [-0.05, 0) is 12.5 Å². The molecular formula is C14H13ClN6O. The molecular weight excluding hydrogens is 304 g/mol. The van der Waals surface area contributed by atoms with Crippen LogP contribution in [0, 0.1) is 6.92 Å². The fourth-order valence-electron chi connectivity index (χ4n) is 2.02. The number of amides is 1. The zero-order chi connectivity index (χ0) is 15.5. The van der Waals surface area contributed by atoms with Gasteiger partial charge in [-0.2, -0.15) is 5.10 Å². The van der Waals surface area contributed by atoms with Crippen LogP contribution in [0.2, 0.25) is 5.02 Å². The van der Waals surface area contributed by atoms with Crippen molar-refractivity contribution < 1.29 is 4.79 Å². The molecule has 0 spiro atoms. The second kappa shape index (κ2) is 5.98. The third-order valence-corrected chi connectivity index (χ3v) is 3.30. The first-order valence-corrected chi connectivity index (χ1v) is 6.95. The van der Waals surface area contributed by atoms with Crippen LogP contribution >= 0.6 is 11.6 Å². The maximum atomic E-state index is 12.0. The molecule has 0 atom stereocenters. The van der Waals surface area contributed by atoms with Crippen LogP contribution in [-0.4, -0.2) is 30.9 Å². The number of hydrogen-bond donors (Lipinski definition) is 2. The van der Waals surface area contributed by atoms with Crippen LogP contribution in [0.4, 0.5) is 5.95 Å². The molecule has 3 rings (SSSR count). The number of hydrogen-bond acceptors (Lipinski definition) is 4. The number of nitrogens with zero attached hydrogens (tertiary/aromatic N) is 4. The van der Waals surface area contributed by atoms with E-state index in [0.29, 0.717) is 6.54 Å². The third-order valence-electron chi connectivity index (χ3n) is 3.01. The number of benzene rings is 1. The zero-order valence-corrected chi connectivity index (χ0v) is 12.5. The quantitative estimate of drug-likeness (QED) is 0.772. The van der Waals surface area contributed by atoms with Crippen molar-refractivity contribution in [1.29, 1.82) is 0 Å². The van der Waals surface area contributed by atoms with Gasteiger partial charge in [0.05, 0.1) is 17.8 Å². The van der Waals surface area contributed by atoms with Crippen molar-refractivity contribution in [2.75, 3.05) is 5.32 Å². The van der Waals surface area contributed by atoms with Gasteiger partial charge in [0.1, 0.15) is 12.0 Å². The van der Waals surface area contributed by atoms with E-state index in [4.69, 9.17) is 11.6 Å². The average Bonchev–Trinajstić information content (AvgIpc) is 3.08. The van der Waals surface area contributed by atoms with Crippen molar-refractivity contribution in [3.8, 4) is 0 Å². The minimum atomic E-state index is -0.434. The summed E-state index contributed by atoms with van der Waals surface area (Å²) in [5.41, 5.74) is 2.47. The highest BCUT2D eigenvalue weighted by atomic mass is 35.5. The smallest absolute Gasteiger partial charge is 0.277 e. The Balaban J connectivity index is 1.69. The van der Waals surface area contributed by atoms with E-state index < -0.39 is 5.91 Å². The fourth-order valence-corrected chi connectivity index (χ4v) is 2.20. The molecule has 0 fully saturated rings. The Kier molecular flexibility index (Phi) is 3.88. The number of rotatable bonds is 4. The predicted octanol–water partition coefficient (Wildman–Crippen LogP) is 2.26. The minimum Gasteiger partial charge on any atom is -0.288 e. The number of nitrogens with one attached hydrogen (secondary N) is 2. The predicted molar refractivity (Wildman–Crippen MR) is 81.9 cm³/mol. The van der Waals surface area contributed by atoms with Gasteiger partial charge in [-0.1, -0.05) is 41.4 Å². The highest BCUT2D eigenvalue weighted by Gasteiger charge is 2.14. The number of anilines is 1. The lowest BCUT2D eigenvalue weighted by atomic mass is 10.1. The van der Waals surface area contributed by atoms with Crippen molar-refractivity contribution in [1.82, 2.24) is 25.0 Å². The van der Waals surface area contributed by atoms with E-state index in [1.807, 2.05) is 25.1 Å². The molecule has 0 radical (unpaired) electrons. The summed E-state index contributed by atoms with van der Waals surface area (Å²) in [6.07, 6.45) is 2.92. The van der Waals surface area contributed by atoms with Crippen LogP contribution in [0.3, 0.4) is 0 Å². The number of aryl methyl sites for hydroxylation is 1. The molecule has 2 aromatic heterocycles. The molecule has 2 N–H and O–H groups in total. The molecule has 0 unspecified atom stereocenters. The molecule has 0 saturated carbocycles. The fraction of sp³-hybridized carbons (Fsp3) is 0.143. The lowest BCUT2D eigenvalue weighted by Crippen LogP contribution is -2.14. The van der Waals surface area contributed by atoms with Gasteiger partial charge in [0.25, 0.3) is 5.91 Å². The van der Waals surface area contributed by atoms with Gasteiger partial charge in [-0.3, -0.25) is 15.2 Å². The lowest BCUT2D eigenvalue weighted by Gasteiger charge is -2.02. The summed E-state index contributed by atoms with van der Waals surface area (Å²) in [5.74, 6) is -0.223. The van der Waals surface area contributed by atoms with Crippen molar-refractivity contribution in [2.24, 2.45) is 0 Å². The first-order chi connectivity index (χ1) is 10.6. The molecule has 1 amide bonds. The Morgan fingerprint density at radius 2 is 2.32 bits per heavy atom. The highest BCUT2D eigenvalue weighted by molar-refractivity contribution is 6.33. The van der Waals surface area contributed by atoms with E-state index in [2.05, 4.69) is 31.7 Å². The highest BCUT2D eigenvalue weighted by Crippen LogP contribution is 2.13. The number of carbonyl (C=O) groups excluding carboxylic acids is 1. The molecule has 1 aromatic carbocycles. The number of aromatic nitrogens is 5. The standard InChI is InChI=1S/C14H13ClN6O/c1-9-3-2-4-10(5-9)7-21-8-16-14(20-21)18-13(22)12-11(15)6-17-19-12/h2-6,8H,7H2,1H3,(H,17,19)(H,18,20,22). The molecule has 0 aliphatic rings. The molecule has 0 aliphatic carbocycles. The third kappa shape index (κ3) is 3.15. The molecule has 7 nitrogen and oxygen atoms in total. The summed E-state index contributed by atoms with van der Waals surface area (Å²) >= 11 is 5.83. The van der Waals surface area contributed by atoms with Gasteiger partial charge in [0.2, 0.25) is 5.95 Å². The second-order valence-electron chi connectivity index (χ2n) is 4.80. The minimum absolute atomic E-state index is 0.178. The van der Waals surface area contributed by atoms with E-state index in [-0.39, 0.29) is 16.7 Å². The topological polar surface area (TPSA) is 88.5 Å². The van der Waals surface area contributed by atoms with Gasteiger partial charge >= 0.3 is 0 Å². The molecule has 22 heavy (non-hydrogen) atoms. The van der Waals surface area contributed by atoms with Gasteiger partial charge < -0.3 is 0 Å². The number of aromatic amines is 1. The van der Waals surface area contributed by atoms with Gasteiger partial charge in [0.15, 0.2) is 0 Å². The van der Waals surface area contributed by atoms with Gasteiger partial charge in [0, 0.05) is 0 Å². The van der Waals surface area contributed by atoms with Crippen molar-refractivity contribution >= 4 is 23.5 Å². The summed E-state index contributed by atoms with van der Waals surface area (Å²) in [4.78, 5) is 16.0. The van der Waals surface area contributed by atoms with Crippen molar-refractivity contribution in [3.63, 3.8) is 0 Å². The van der Waals surface area contributed by atoms with Crippen molar-refractivity contribution in [3.05, 3.63) is 58.6 Å². The monoisotopic (exact) mass is 316 g/mol. The largest absolute Gasteiger partial charge is 0.288 e. The van der Waals surface area contributed by atoms with Crippen molar-refractivity contribution in [2.45, 2.75) is 13.5 Å². The van der Waals surface area contributed by atoms with Gasteiger partial charge in [-0.15, -0.1) is 5.10 Å². The number of carbonyl (C=O) groups is 1. The number of H-pyrrole nitrogens is 1. The summed E-state index contributed by atoms with van der Waals surface area (Å²) in [7, 11) is 0. The summed E-state index contributed by atoms with van der Waals surface area (Å²) in [6.45, 7) is 2.61. The molecule has 8 heteroatoms. The maximum absolute atomic E-state index is 12.0. The maximum Gasteiger partial charge on any atom is 0.277 e. The van der Waals surface area contributed by atoms with Crippen LogP contribution < -0.4 is 5.32 Å². The van der Waals surface area contributed by atoms with E-state index in [0.717, 1.165) is 5.56 Å². The Hall–Kier alpha value is -2.67. The molecule has 0 aliphatic heterocycles. The normalized spacial score (nSPS) is 10.6. The van der Waals surface area contributed by atoms with Crippen LogP contribution in [0.5, 0.6) is 0 Å². The van der Waals surface area contributed by atoms with Crippen LogP contribution in [0.25, 0.3) is 0 Å². The Bertz CT molecular complexity index is 809. The van der Waals surface area contributed by atoms with Crippen LogP contribution in [0.15, 0.2) is 36.8 Å². The van der Waals surface area contributed by atoms with E-state index in [1.165, 1.54) is 11.8 Å². The average molecular weight is 317 g/mol. The summed E-state index contributed by atoms with van der Waals surface area (Å²) < 4.78 is 1.65. The molecule has 3 aromatic rings. The first-order valence-electron chi connectivity index (χ1n) is 6.57. The number of halogens is 1. The van der Waals surface area contributed by atoms with Gasteiger partial charge in [-0.25, -0.2) is 9.67 Å². The van der Waals surface area contributed by atoms with E-state index in [1.54, 1.807) is 11.0 Å². The summed E-state index contributed by atoms with van der Waals surface area (Å²) in [6, 6.07) is 8.11.